The van der Waals surface area contributed by atoms with Gasteiger partial charge in [-0.2, -0.15) is 0 Å². The zero-order valence-corrected chi connectivity index (χ0v) is 12.8. The van der Waals surface area contributed by atoms with Crippen LogP contribution in [-0.2, 0) is 19.1 Å². The van der Waals surface area contributed by atoms with Crippen LogP contribution in [0.2, 0.25) is 0 Å². The number of nitro groups is 1. The Morgan fingerprint density at radius 3 is 2.71 bits per heavy atom. The molecule has 24 heavy (non-hydrogen) atoms. The number of hydrogen-bond acceptors (Lipinski definition) is 6. The number of allylic oxidation sites excluding steroid dienone is 1. The summed E-state index contributed by atoms with van der Waals surface area (Å²) in [6.07, 6.45) is 1.78. The van der Waals surface area contributed by atoms with Crippen LogP contribution in [-0.4, -0.2) is 29.3 Å². The number of nitro benzene ring substituents is 1. The van der Waals surface area contributed by atoms with Crippen molar-refractivity contribution in [1.82, 2.24) is 0 Å². The number of para-hydroxylation sites is 2. The van der Waals surface area contributed by atoms with Crippen molar-refractivity contribution in [2.24, 2.45) is 11.8 Å². The Morgan fingerprint density at radius 1 is 1.33 bits per heavy atom. The fourth-order valence-corrected chi connectivity index (χ4v) is 3.17. The van der Waals surface area contributed by atoms with Gasteiger partial charge in [-0.25, -0.2) is 9.69 Å². The lowest BCUT2D eigenvalue weighted by atomic mass is 9.94. The van der Waals surface area contributed by atoms with E-state index in [1.807, 2.05) is 0 Å². The van der Waals surface area contributed by atoms with E-state index in [0.29, 0.717) is 0 Å². The molecule has 0 aromatic heterocycles. The molecule has 0 saturated carbocycles. The third kappa shape index (κ3) is 2.27. The van der Waals surface area contributed by atoms with E-state index in [2.05, 4.69) is 0 Å². The number of amides is 2. The number of anilines is 1. The number of esters is 1. The van der Waals surface area contributed by atoms with Crippen LogP contribution >= 0.6 is 0 Å². The number of nitrogens with zero attached hydrogens (tertiary/aromatic N) is 2. The molecule has 0 bridgehead atoms. The van der Waals surface area contributed by atoms with E-state index in [1.165, 1.54) is 24.3 Å². The van der Waals surface area contributed by atoms with Gasteiger partial charge in [0, 0.05) is 11.6 Å². The second-order valence-corrected chi connectivity index (χ2v) is 5.46. The van der Waals surface area contributed by atoms with Crippen LogP contribution in [0, 0.1) is 22.0 Å². The lowest BCUT2D eigenvalue weighted by Crippen LogP contribution is -2.32. The van der Waals surface area contributed by atoms with E-state index in [1.54, 1.807) is 13.0 Å². The molecule has 2 aliphatic rings. The Balaban J connectivity index is 1.99. The standard InChI is InChI=1S/C16H14N2O6/c1-2-24-16(21)10-8-7-9-13(10)15(20)17(14(9)19)11-5-3-4-6-12(11)18(22)23/h3-6,8-9,13H,2,7H2,1H3/t9-,13-/m0/s1. The van der Waals surface area contributed by atoms with Crippen LogP contribution in [0.25, 0.3) is 0 Å². The molecule has 2 amide bonds. The highest BCUT2D eigenvalue weighted by atomic mass is 16.6. The number of ether oxygens (including phenoxy) is 1. The van der Waals surface area contributed by atoms with Gasteiger partial charge in [-0.15, -0.1) is 0 Å². The van der Waals surface area contributed by atoms with Crippen molar-refractivity contribution in [3.63, 3.8) is 0 Å². The maximum atomic E-state index is 12.7. The minimum absolute atomic E-state index is 0.0740. The molecular formula is C16H14N2O6. The molecule has 1 aliphatic heterocycles. The molecule has 8 nitrogen and oxygen atoms in total. The number of fused-ring (bicyclic) bond motifs is 1. The quantitative estimate of drug-likeness (QED) is 0.359. The highest BCUT2D eigenvalue weighted by molar-refractivity contribution is 6.25. The molecule has 124 valence electrons. The fourth-order valence-electron chi connectivity index (χ4n) is 3.17. The van der Waals surface area contributed by atoms with Gasteiger partial charge in [0.2, 0.25) is 11.8 Å². The average molecular weight is 330 g/mol. The molecule has 1 aromatic carbocycles. The van der Waals surface area contributed by atoms with E-state index in [0.717, 1.165) is 4.90 Å². The molecule has 0 spiro atoms. The molecule has 1 saturated heterocycles. The Hall–Kier alpha value is -3.03. The maximum absolute atomic E-state index is 12.7. The van der Waals surface area contributed by atoms with Gasteiger partial charge in [0.05, 0.1) is 23.4 Å². The summed E-state index contributed by atoms with van der Waals surface area (Å²) in [5.74, 6) is -3.44. The third-order valence-electron chi connectivity index (χ3n) is 4.18. The molecule has 1 heterocycles. The van der Waals surface area contributed by atoms with Crippen molar-refractivity contribution in [3.05, 3.63) is 46.0 Å². The second kappa shape index (κ2) is 5.88. The summed E-state index contributed by atoms with van der Waals surface area (Å²) in [5.41, 5.74) is -0.253. The van der Waals surface area contributed by atoms with E-state index in [-0.39, 0.29) is 30.0 Å². The van der Waals surface area contributed by atoms with Crippen LogP contribution in [0.3, 0.4) is 0 Å². The Kier molecular flexibility index (Phi) is 3.88. The number of carbonyl (C=O) groups is 3. The van der Waals surface area contributed by atoms with Crippen LogP contribution in [0.1, 0.15) is 13.3 Å². The van der Waals surface area contributed by atoms with Crippen molar-refractivity contribution in [1.29, 1.82) is 0 Å². The van der Waals surface area contributed by atoms with Crippen molar-refractivity contribution >= 4 is 29.2 Å². The normalized spacial score (nSPS) is 22.4. The molecule has 0 unspecified atom stereocenters. The van der Waals surface area contributed by atoms with Gasteiger partial charge in [0.1, 0.15) is 5.69 Å². The smallest absolute Gasteiger partial charge is 0.334 e. The summed E-state index contributed by atoms with van der Waals surface area (Å²) in [6.45, 7) is 1.80. The first-order chi connectivity index (χ1) is 11.5. The number of rotatable bonds is 4. The van der Waals surface area contributed by atoms with Crippen LogP contribution in [0.4, 0.5) is 11.4 Å². The van der Waals surface area contributed by atoms with Crippen molar-refractivity contribution in [2.75, 3.05) is 11.5 Å². The summed E-state index contributed by atoms with van der Waals surface area (Å²) >= 11 is 0. The van der Waals surface area contributed by atoms with Gasteiger partial charge in [-0.05, 0) is 19.4 Å². The van der Waals surface area contributed by atoms with E-state index in [4.69, 9.17) is 4.74 Å². The molecule has 2 atom stereocenters. The monoisotopic (exact) mass is 330 g/mol. The second-order valence-electron chi connectivity index (χ2n) is 5.46. The fraction of sp³-hybridized carbons (Fsp3) is 0.312. The number of hydrogen-bond donors (Lipinski definition) is 0. The lowest BCUT2D eigenvalue weighted by Gasteiger charge is -2.15. The summed E-state index contributed by atoms with van der Waals surface area (Å²) in [5, 5.41) is 11.2. The first kappa shape index (κ1) is 15.9. The molecule has 0 N–H and O–H groups in total. The van der Waals surface area contributed by atoms with Gasteiger partial charge in [0.15, 0.2) is 0 Å². The minimum atomic E-state index is -0.934. The van der Waals surface area contributed by atoms with Crippen molar-refractivity contribution < 1.29 is 24.0 Å². The topological polar surface area (TPSA) is 107 Å². The molecular weight excluding hydrogens is 316 g/mol. The first-order valence-corrected chi connectivity index (χ1v) is 7.45. The van der Waals surface area contributed by atoms with Gasteiger partial charge >= 0.3 is 5.97 Å². The molecule has 8 heteroatoms. The van der Waals surface area contributed by atoms with Gasteiger partial charge in [-0.3, -0.25) is 19.7 Å². The Morgan fingerprint density at radius 2 is 2.04 bits per heavy atom. The molecule has 0 radical (unpaired) electrons. The predicted octanol–water partition coefficient (Wildman–Crippen LogP) is 1.59. The summed E-state index contributed by atoms with van der Waals surface area (Å²) < 4.78 is 4.92. The van der Waals surface area contributed by atoms with Gasteiger partial charge in [0.25, 0.3) is 5.69 Å². The van der Waals surface area contributed by atoms with Gasteiger partial charge in [-0.1, -0.05) is 18.2 Å². The first-order valence-electron chi connectivity index (χ1n) is 7.45. The zero-order chi connectivity index (χ0) is 17.4. The highest BCUT2D eigenvalue weighted by Gasteiger charge is 2.54. The zero-order valence-electron chi connectivity index (χ0n) is 12.8. The minimum Gasteiger partial charge on any atom is -0.463 e. The van der Waals surface area contributed by atoms with E-state index in [9.17, 15) is 24.5 Å². The largest absolute Gasteiger partial charge is 0.463 e. The molecule has 3 rings (SSSR count). The van der Waals surface area contributed by atoms with Gasteiger partial charge < -0.3 is 4.74 Å². The van der Waals surface area contributed by atoms with Crippen LogP contribution in [0.5, 0.6) is 0 Å². The van der Waals surface area contributed by atoms with Crippen LogP contribution < -0.4 is 4.90 Å². The maximum Gasteiger partial charge on any atom is 0.334 e. The lowest BCUT2D eigenvalue weighted by molar-refractivity contribution is -0.384. The number of benzene rings is 1. The van der Waals surface area contributed by atoms with Crippen molar-refractivity contribution in [2.45, 2.75) is 13.3 Å². The predicted molar refractivity (Wildman–Crippen MR) is 81.9 cm³/mol. The Bertz CT molecular complexity index is 785. The molecule has 1 fully saturated rings. The SMILES string of the molecule is CCOC(=O)C1=CC[C@@H]2C(=O)N(c3ccccc3[N+](=O)[O-])C(=O)[C@H]12. The average Bonchev–Trinajstić information content (AvgIpc) is 3.09. The summed E-state index contributed by atoms with van der Waals surface area (Å²) in [6, 6.07) is 5.55. The van der Waals surface area contributed by atoms with Crippen molar-refractivity contribution in [3.8, 4) is 0 Å². The van der Waals surface area contributed by atoms with E-state index >= 15 is 0 Å². The molecule has 1 aromatic rings. The molecule has 1 aliphatic carbocycles. The third-order valence-corrected chi connectivity index (χ3v) is 4.18. The summed E-state index contributed by atoms with van der Waals surface area (Å²) in [4.78, 5) is 48.6. The number of carbonyl (C=O) groups excluding carboxylic acids is 3. The van der Waals surface area contributed by atoms with E-state index < -0.39 is 34.5 Å². The number of imide groups is 1. The summed E-state index contributed by atoms with van der Waals surface area (Å²) in [7, 11) is 0. The Labute approximate surface area is 136 Å². The van der Waals surface area contributed by atoms with Crippen LogP contribution in [0.15, 0.2) is 35.9 Å². The highest BCUT2D eigenvalue weighted by Crippen LogP contribution is 2.44.